The molecule has 0 heterocycles. The number of hydrogen-bond donors (Lipinski definition) is 1. The quantitative estimate of drug-likeness (QED) is 0.420. The molecule has 0 fully saturated rings. The number of nitro benzene ring substituents is 1. The number of anilines is 1. The number of carbonyl (C=O) groups is 2. The van der Waals surface area contributed by atoms with Crippen LogP contribution in [0, 0.1) is 17.0 Å². The molecule has 9 heteroatoms. The highest BCUT2D eigenvalue weighted by Crippen LogP contribution is 2.28. The second kappa shape index (κ2) is 9.36. The van der Waals surface area contributed by atoms with Crippen molar-refractivity contribution in [1.29, 1.82) is 0 Å². The lowest BCUT2D eigenvalue weighted by atomic mass is 10.1. The smallest absolute Gasteiger partial charge is 0.310 e. The average molecular weight is 388 g/mol. The van der Waals surface area contributed by atoms with E-state index in [4.69, 9.17) is 14.2 Å². The second-order valence-corrected chi connectivity index (χ2v) is 5.84. The third-order valence-corrected chi connectivity index (χ3v) is 3.81. The largest absolute Gasteiger partial charge is 0.496 e. The zero-order chi connectivity index (χ0) is 20.7. The summed E-state index contributed by atoms with van der Waals surface area (Å²) >= 11 is 0. The van der Waals surface area contributed by atoms with E-state index in [9.17, 15) is 19.7 Å². The summed E-state index contributed by atoms with van der Waals surface area (Å²) < 4.78 is 15.1. The molecule has 0 aromatic heterocycles. The van der Waals surface area contributed by atoms with Crippen molar-refractivity contribution in [3.63, 3.8) is 0 Å². The molecule has 9 nitrogen and oxygen atoms in total. The first-order chi connectivity index (χ1) is 13.3. The number of aryl methyl sites for hydroxylation is 1. The molecule has 28 heavy (non-hydrogen) atoms. The van der Waals surface area contributed by atoms with Crippen LogP contribution in [0.2, 0.25) is 0 Å². The van der Waals surface area contributed by atoms with Crippen LogP contribution in [0.4, 0.5) is 11.4 Å². The van der Waals surface area contributed by atoms with Crippen molar-refractivity contribution >= 4 is 23.3 Å². The average Bonchev–Trinajstić information content (AvgIpc) is 2.66. The molecular formula is C19H20N2O7. The number of nitro groups is 1. The van der Waals surface area contributed by atoms with Crippen LogP contribution >= 0.6 is 0 Å². The number of esters is 1. The summed E-state index contributed by atoms with van der Waals surface area (Å²) in [5.41, 5.74) is 1.24. The first kappa shape index (κ1) is 20.7. The van der Waals surface area contributed by atoms with Gasteiger partial charge in [-0.1, -0.05) is 17.7 Å². The van der Waals surface area contributed by atoms with Crippen molar-refractivity contribution in [1.82, 2.24) is 0 Å². The first-order valence-corrected chi connectivity index (χ1v) is 8.25. The van der Waals surface area contributed by atoms with Gasteiger partial charge < -0.3 is 19.5 Å². The number of nitrogens with one attached hydrogen (secondary N) is 1. The van der Waals surface area contributed by atoms with Gasteiger partial charge >= 0.3 is 5.97 Å². The molecule has 0 aliphatic carbocycles. The Morgan fingerprint density at radius 1 is 1.11 bits per heavy atom. The van der Waals surface area contributed by atoms with Crippen LogP contribution in [0.15, 0.2) is 36.4 Å². The van der Waals surface area contributed by atoms with Gasteiger partial charge in [-0.3, -0.25) is 19.7 Å². The molecule has 0 saturated heterocycles. The lowest BCUT2D eigenvalue weighted by Crippen LogP contribution is -2.22. The van der Waals surface area contributed by atoms with E-state index in [-0.39, 0.29) is 23.5 Å². The Morgan fingerprint density at radius 3 is 2.50 bits per heavy atom. The van der Waals surface area contributed by atoms with Gasteiger partial charge in [0, 0.05) is 5.56 Å². The minimum absolute atomic E-state index is 0.0211. The molecule has 1 amide bonds. The summed E-state index contributed by atoms with van der Waals surface area (Å²) in [4.78, 5) is 34.5. The molecule has 148 valence electrons. The molecule has 0 aliphatic rings. The second-order valence-electron chi connectivity index (χ2n) is 5.84. The van der Waals surface area contributed by atoms with Crippen LogP contribution in [0.3, 0.4) is 0 Å². The van der Waals surface area contributed by atoms with Crippen LogP contribution in [0.1, 0.15) is 11.1 Å². The van der Waals surface area contributed by atoms with Crippen molar-refractivity contribution < 1.29 is 28.7 Å². The van der Waals surface area contributed by atoms with Crippen LogP contribution < -0.4 is 14.8 Å². The maximum atomic E-state index is 12.0. The fourth-order valence-corrected chi connectivity index (χ4v) is 2.48. The van der Waals surface area contributed by atoms with E-state index in [1.165, 1.54) is 32.4 Å². The number of ether oxygens (including phenoxy) is 3. The predicted molar refractivity (Wildman–Crippen MR) is 101 cm³/mol. The Hall–Kier alpha value is -3.62. The van der Waals surface area contributed by atoms with Crippen molar-refractivity contribution in [2.75, 3.05) is 26.1 Å². The normalized spacial score (nSPS) is 10.1. The van der Waals surface area contributed by atoms with E-state index in [1.54, 1.807) is 12.1 Å². The number of methoxy groups -OCH3 is 2. The summed E-state index contributed by atoms with van der Waals surface area (Å²) in [6.07, 6.45) is -0.0686. The number of benzene rings is 2. The van der Waals surface area contributed by atoms with Gasteiger partial charge in [0.2, 0.25) is 0 Å². The number of carbonyl (C=O) groups excluding carboxylic acids is 2. The van der Waals surface area contributed by atoms with Gasteiger partial charge in [-0.25, -0.2) is 0 Å². The standard InChI is InChI=1S/C19H20N2O7/c1-12-4-7-17(27-3)13(8-12)9-19(23)28-11-18(22)20-15-6-5-14(26-2)10-16(15)21(24)25/h4-8,10H,9,11H2,1-3H3,(H,20,22). The molecule has 0 radical (unpaired) electrons. The number of nitrogens with zero attached hydrogens (tertiary/aromatic N) is 1. The third kappa shape index (κ3) is 5.44. The monoisotopic (exact) mass is 388 g/mol. The summed E-state index contributed by atoms with van der Waals surface area (Å²) in [6.45, 7) is 1.31. The van der Waals surface area contributed by atoms with Crippen LogP contribution in [0.5, 0.6) is 11.5 Å². The molecule has 2 aromatic rings. The molecule has 0 unspecified atom stereocenters. The van der Waals surface area contributed by atoms with E-state index < -0.39 is 23.4 Å². The Kier molecular flexibility index (Phi) is 6.91. The summed E-state index contributed by atoms with van der Waals surface area (Å²) in [6, 6.07) is 9.38. The maximum absolute atomic E-state index is 12.0. The van der Waals surface area contributed by atoms with Crippen LogP contribution in [-0.2, 0) is 20.7 Å². The Morgan fingerprint density at radius 2 is 1.86 bits per heavy atom. The van der Waals surface area contributed by atoms with E-state index >= 15 is 0 Å². The van der Waals surface area contributed by atoms with Gasteiger partial charge in [-0.05, 0) is 25.1 Å². The van der Waals surface area contributed by atoms with Gasteiger partial charge in [-0.2, -0.15) is 0 Å². The number of amides is 1. The summed E-state index contributed by atoms with van der Waals surface area (Å²) in [5.74, 6) is -0.495. The Balaban J connectivity index is 1.97. The zero-order valence-corrected chi connectivity index (χ0v) is 15.7. The molecule has 0 spiro atoms. The van der Waals surface area contributed by atoms with Crippen molar-refractivity contribution in [3.05, 3.63) is 57.6 Å². The van der Waals surface area contributed by atoms with Gasteiger partial charge in [-0.15, -0.1) is 0 Å². The molecule has 0 bridgehead atoms. The lowest BCUT2D eigenvalue weighted by Gasteiger charge is -2.10. The fraction of sp³-hybridized carbons (Fsp3) is 0.263. The minimum Gasteiger partial charge on any atom is -0.496 e. The molecule has 2 rings (SSSR count). The Labute approximate surface area is 161 Å². The first-order valence-electron chi connectivity index (χ1n) is 8.25. The van der Waals surface area contributed by atoms with Crippen molar-refractivity contribution in [2.24, 2.45) is 0 Å². The molecule has 0 saturated carbocycles. The number of rotatable bonds is 8. The highest BCUT2D eigenvalue weighted by Gasteiger charge is 2.18. The summed E-state index contributed by atoms with van der Waals surface area (Å²) in [7, 11) is 2.87. The Bertz CT molecular complexity index is 896. The molecule has 0 atom stereocenters. The predicted octanol–water partition coefficient (Wildman–Crippen LogP) is 2.64. The van der Waals surface area contributed by atoms with Crippen LogP contribution in [0.25, 0.3) is 0 Å². The van der Waals surface area contributed by atoms with E-state index in [0.29, 0.717) is 11.3 Å². The molecular weight excluding hydrogens is 368 g/mol. The van der Waals surface area contributed by atoms with Gasteiger partial charge in [0.05, 0.1) is 31.6 Å². The van der Waals surface area contributed by atoms with Crippen molar-refractivity contribution in [2.45, 2.75) is 13.3 Å². The zero-order valence-electron chi connectivity index (χ0n) is 15.7. The van der Waals surface area contributed by atoms with E-state index in [0.717, 1.165) is 5.56 Å². The SMILES string of the molecule is COc1ccc(NC(=O)COC(=O)Cc2cc(C)ccc2OC)c([N+](=O)[O-])c1. The minimum atomic E-state index is -0.696. The highest BCUT2D eigenvalue weighted by molar-refractivity contribution is 5.95. The molecule has 0 aliphatic heterocycles. The van der Waals surface area contributed by atoms with Gasteiger partial charge in [0.15, 0.2) is 6.61 Å². The fourth-order valence-electron chi connectivity index (χ4n) is 2.48. The third-order valence-electron chi connectivity index (χ3n) is 3.81. The summed E-state index contributed by atoms with van der Waals surface area (Å²) in [5, 5.41) is 13.5. The van der Waals surface area contributed by atoms with Crippen molar-refractivity contribution in [3.8, 4) is 11.5 Å². The maximum Gasteiger partial charge on any atom is 0.310 e. The highest BCUT2D eigenvalue weighted by atomic mass is 16.6. The topological polar surface area (TPSA) is 117 Å². The molecule has 2 aromatic carbocycles. The van der Waals surface area contributed by atoms with Crippen LogP contribution in [-0.4, -0.2) is 37.6 Å². The molecule has 1 N–H and O–H groups in total. The van der Waals surface area contributed by atoms with E-state index in [1.807, 2.05) is 13.0 Å². The number of hydrogen-bond acceptors (Lipinski definition) is 7. The van der Waals surface area contributed by atoms with E-state index in [2.05, 4.69) is 5.32 Å². The van der Waals surface area contributed by atoms with Gasteiger partial charge in [0.1, 0.15) is 17.2 Å². The lowest BCUT2D eigenvalue weighted by molar-refractivity contribution is -0.384. The van der Waals surface area contributed by atoms with Gasteiger partial charge in [0.25, 0.3) is 11.6 Å².